The molecule has 1 amide bonds. The number of amides is 1. The minimum absolute atomic E-state index is 0.0230. The Morgan fingerprint density at radius 1 is 1.15 bits per heavy atom. The van der Waals surface area contributed by atoms with Crippen LogP contribution in [0, 0.1) is 0 Å². The predicted molar refractivity (Wildman–Crippen MR) is 102 cm³/mol. The van der Waals surface area contributed by atoms with Crippen molar-refractivity contribution in [2.75, 3.05) is 32.7 Å². The van der Waals surface area contributed by atoms with Crippen LogP contribution in [0.3, 0.4) is 0 Å². The molecule has 1 fully saturated rings. The first-order chi connectivity index (χ1) is 12.4. The third kappa shape index (κ3) is 4.83. The van der Waals surface area contributed by atoms with Crippen LogP contribution in [0.25, 0.3) is 0 Å². The van der Waals surface area contributed by atoms with Crippen LogP contribution in [0.15, 0.2) is 46.7 Å². The molecule has 1 aromatic heterocycles. The molecule has 140 valence electrons. The molecule has 6 nitrogen and oxygen atoms in total. The zero-order valence-electron chi connectivity index (χ0n) is 14.2. The van der Waals surface area contributed by atoms with E-state index in [2.05, 4.69) is 5.32 Å². The Hall–Kier alpha value is -1.45. The highest BCUT2D eigenvalue weighted by Gasteiger charge is 2.32. The van der Waals surface area contributed by atoms with E-state index in [0.29, 0.717) is 43.6 Å². The van der Waals surface area contributed by atoms with E-state index in [1.807, 2.05) is 30.3 Å². The van der Waals surface area contributed by atoms with Gasteiger partial charge in [0.15, 0.2) is 6.54 Å². The minimum atomic E-state index is -3.49. The van der Waals surface area contributed by atoms with Crippen LogP contribution in [0.5, 0.6) is 0 Å². The van der Waals surface area contributed by atoms with E-state index >= 15 is 0 Å². The van der Waals surface area contributed by atoms with E-state index in [9.17, 15) is 13.2 Å². The zero-order chi connectivity index (χ0) is 18.6. The van der Waals surface area contributed by atoms with Gasteiger partial charge in [-0.25, -0.2) is 8.42 Å². The van der Waals surface area contributed by atoms with Gasteiger partial charge in [-0.15, -0.1) is 11.3 Å². The SMILES string of the molecule is O=C(C[NH+]1CCN(S(=O)(=O)c2ccc(Cl)s2)CC1)NCc1ccccc1. The zero-order valence-corrected chi connectivity index (χ0v) is 16.5. The maximum atomic E-state index is 12.6. The van der Waals surface area contributed by atoms with Gasteiger partial charge in [-0.3, -0.25) is 4.79 Å². The van der Waals surface area contributed by atoms with Crippen LogP contribution >= 0.6 is 22.9 Å². The first kappa shape index (κ1) is 19.3. The molecule has 0 radical (unpaired) electrons. The highest BCUT2D eigenvalue weighted by atomic mass is 35.5. The molecule has 0 atom stereocenters. The van der Waals surface area contributed by atoms with Gasteiger partial charge < -0.3 is 10.2 Å². The Morgan fingerprint density at radius 2 is 1.85 bits per heavy atom. The summed E-state index contributed by atoms with van der Waals surface area (Å²) in [4.78, 5) is 13.2. The molecule has 0 saturated carbocycles. The summed E-state index contributed by atoms with van der Waals surface area (Å²) < 4.78 is 27.4. The van der Waals surface area contributed by atoms with Gasteiger partial charge in [-0.2, -0.15) is 4.31 Å². The van der Waals surface area contributed by atoms with Crippen LogP contribution in [0.1, 0.15) is 5.56 Å². The lowest BCUT2D eigenvalue weighted by molar-refractivity contribution is -0.895. The van der Waals surface area contributed by atoms with Gasteiger partial charge in [-0.1, -0.05) is 41.9 Å². The number of piperazine rings is 1. The minimum Gasteiger partial charge on any atom is -0.347 e. The number of thiophene rings is 1. The molecule has 0 aliphatic carbocycles. The van der Waals surface area contributed by atoms with Crippen molar-refractivity contribution >= 4 is 38.9 Å². The van der Waals surface area contributed by atoms with E-state index in [4.69, 9.17) is 11.6 Å². The van der Waals surface area contributed by atoms with Gasteiger partial charge in [0.05, 0.1) is 30.5 Å². The number of nitrogens with one attached hydrogen (secondary N) is 2. The number of rotatable bonds is 6. The molecule has 1 saturated heterocycles. The van der Waals surface area contributed by atoms with Gasteiger partial charge in [0.2, 0.25) is 0 Å². The van der Waals surface area contributed by atoms with Crippen molar-refractivity contribution in [2.24, 2.45) is 0 Å². The molecule has 0 spiro atoms. The molecule has 26 heavy (non-hydrogen) atoms. The van der Waals surface area contributed by atoms with Gasteiger partial charge in [-0.05, 0) is 17.7 Å². The summed E-state index contributed by atoms with van der Waals surface area (Å²) in [6.07, 6.45) is 0. The molecular formula is C17H21ClN3O3S2+. The summed E-state index contributed by atoms with van der Waals surface area (Å²) in [5.41, 5.74) is 1.06. The van der Waals surface area contributed by atoms with Crippen LogP contribution < -0.4 is 10.2 Å². The number of hydrogen-bond acceptors (Lipinski definition) is 4. The van der Waals surface area contributed by atoms with E-state index in [1.165, 1.54) is 4.31 Å². The van der Waals surface area contributed by atoms with Crippen molar-refractivity contribution in [1.29, 1.82) is 0 Å². The number of nitrogens with zero attached hydrogens (tertiary/aromatic N) is 1. The summed E-state index contributed by atoms with van der Waals surface area (Å²) in [6.45, 7) is 2.88. The number of carbonyl (C=O) groups excluding carboxylic acids is 1. The summed E-state index contributed by atoms with van der Waals surface area (Å²) >= 11 is 6.92. The van der Waals surface area contributed by atoms with E-state index in [1.54, 1.807) is 12.1 Å². The Labute approximate surface area is 162 Å². The highest BCUT2D eigenvalue weighted by Crippen LogP contribution is 2.27. The van der Waals surface area contributed by atoms with Gasteiger partial charge >= 0.3 is 0 Å². The first-order valence-corrected chi connectivity index (χ1v) is 11.0. The largest absolute Gasteiger partial charge is 0.347 e. The van der Waals surface area contributed by atoms with Crippen molar-refractivity contribution < 1.29 is 18.1 Å². The number of hydrogen-bond donors (Lipinski definition) is 2. The summed E-state index contributed by atoms with van der Waals surface area (Å²) in [5, 5.41) is 2.91. The predicted octanol–water partition coefficient (Wildman–Crippen LogP) is 0.607. The lowest BCUT2D eigenvalue weighted by atomic mass is 10.2. The van der Waals surface area contributed by atoms with Gasteiger partial charge in [0.1, 0.15) is 4.21 Å². The maximum Gasteiger partial charge on any atom is 0.275 e. The van der Waals surface area contributed by atoms with Gasteiger partial charge in [0, 0.05) is 6.54 Å². The Kier molecular flexibility index (Phi) is 6.31. The second-order valence-electron chi connectivity index (χ2n) is 6.15. The Bertz CT molecular complexity index is 847. The van der Waals surface area contributed by atoms with Crippen molar-refractivity contribution in [3.8, 4) is 0 Å². The molecule has 1 aliphatic heterocycles. The highest BCUT2D eigenvalue weighted by molar-refractivity contribution is 7.91. The second-order valence-corrected chi connectivity index (χ2v) is 10.0. The standard InChI is InChI=1S/C17H20ClN3O3S2/c18-15-6-7-17(25-15)26(23,24)21-10-8-20(9-11-21)13-16(22)19-12-14-4-2-1-3-5-14/h1-7H,8-13H2,(H,19,22)/p+1. The van der Waals surface area contributed by atoms with Crippen molar-refractivity contribution in [1.82, 2.24) is 9.62 Å². The second kappa shape index (κ2) is 8.49. The van der Waals surface area contributed by atoms with Crippen LogP contribution in [-0.4, -0.2) is 51.4 Å². The monoisotopic (exact) mass is 414 g/mol. The molecule has 1 aliphatic rings. The van der Waals surface area contributed by atoms with Crippen molar-refractivity contribution in [3.05, 3.63) is 52.4 Å². The third-order valence-electron chi connectivity index (χ3n) is 4.32. The lowest BCUT2D eigenvalue weighted by Crippen LogP contribution is -3.15. The van der Waals surface area contributed by atoms with Gasteiger partial charge in [0.25, 0.3) is 15.9 Å². The fraction of sp³-hybridized carbons (Fsp3) is 0.353. The van der Waals surface area contributed by atoms with Crippen LogP contribution in [-0.2, 0) is 21.4 Å². The lowest BCUT2D eigenvalue weighted by Gasteiger charge is -2.30. The fourth-order valence-corrected chi connectivity index (χ4v) is 5.95. The van der Waals surface area contributed by atoms with E-state index < -0.39 is 10.0 Å². The maximum absolute atomic E-state index is 12.6. The number of quaternary nitrogens is 1. The molecule has 2 heterocycles. The Balaban J connectivity index is 1.47. The molecule has 0 unspecified atom stereocenters. The number of benzene rings is 1. The topological polar surface area (TPSA) is 70.9 Å². The normalized spacial score (nSPS) is 16.5. The van der Waals surface area contributed by atoms with Crippen molar-refractivity contribution in [2.45, 2.75) is 10.8 Å². The number of carbonyl (C=O) groups is 1. The summed E-state index contributed by atoms with van der Waals surface area (Å²) in [5.74, 6) is -0.0230. The molecule has 3 rings (SSSR count). The third-order valence-corrected chi connectivity index (χ3v) is 7.91. The van der Waals surface area contributed by atoms with Crippen molar-refractivity contribution in [3.63, 3.8) is 0 Å². The molecule has 9 heteroatoms. The number of sulfonamides is 1. The molecular weight excluding hydrogens is 394 g/mol. The van der Waals surface area contributed by atoms with Crippen LogP contribution in [0.2, 0.25) is 4.34 Å². The Morgan fingerprint density at radius 3 is 2.46 bits per heavy atom. The summed E-state index contributed by atoms with van der Waals surface area (Å²) in [6, 6.07) is 12.9. The van der Waals surface area contributed by atoms with Crippen LogP contribution in [0.4, 0.5) is 0 Å². The van der Waals surface area contributed by atoms with E-state index in [-0.39, 0.29) is 10.1 Å². The molecule has 2 aromatic rings. The first-order valence-electron chi connectivity index (χ1n) is 8.35. The number of halogens is 1. The summed E-state index contributed by atoms with van der Waals surface area (Å²) in [7, 11) is -3.49. The smallest absolute Gasteiger partial charge is 0.275 e. The quantitative estimate of drug-likeness (QED) is 0.727. The molecule has 1 aromatic carbocycles. The average Bonchev–Trinajstić information content (AvgIpc) is 3.09. The molecule has 0 bridgehead atoms. The average molecular weight is 415 g/mol. The molecule has 2 N–H and O–H groups in total. The van der Waals surface area contributed by atoms with E-state index in [0.717, 1.165) is 21.8 Å². The fourth-order valence-electron chi connectivity index (χ4n) is 2.87.